The molecule has 0 spiro atoms. The van der Waals surface area contributed by atoms with Crippen molar-refractivity contribution in [3.63, 3.8) is 0 Å². The van der Waals surface area contributed by atoms with Crippen LogP contribution in [0.15, 0.2) is 78.9 Å². The fourth-order valence-electron chi connectivity index (χ4n) is 5.30. The van der Waals surface area contributed by atoms with Gasteiger partial charge in [0.25, 0.3) is 0 Å². The van der Waals surface area contributed by atoms with Gasteiger partial charge in [-0.3, -0.25) is 4.90 Å². The van der Waals surface area contributed by atoms with Crippen LogP contribution in [-0.2, 0) is 0 Å². The topological polar surface area (TPSA) is 46.9 Å². The molecule has 3 aromatic rings. The summed E-state index contributed by atoms with van der Waals surface area (Å²) in [6.45, 7) is 9.02. The molecule has 2 unspecified atom stereocenters. The highest BCUT2D eigenvalue weighted by atomic mass is 16.3. The Labute approximate surface area is 204 Å². The third kappa shape index (κ3) is 5.81. The molecule has 1 heterocycles. The number of phenolic OH excluding ortho intramolecular Hbond substituents is 1. The summed E-state index contributed by atoms with van der Waals surface area (Å²) in [6, 6.07) is 27.8. The molecule has 1 aliphatic heterocycles. The van der Waals surface area contributed by atoms with Gasteiger partial charge < -0.3 is 15.1 Å². The number of aromatic hydroxyl groups is 1. The summed E-state index contributed by atoms with van der Waals surface area (Å²) in [5.74, 6) is 0.583. The maximum Gasteiger partial charge on any atom is 0.115 e. The molecule has 3 aromatic carbocycles. The predicted octanol–water partition coefficient (Wildman–Crippen LogP) is 5.61. The van der Waals surface area contributed by atoms with Crippen molar-refractivity contribution in [1.29, 1.82) is 0 Å². The van der Waals surface area contributed by atoms with Gasteiger partial charge in [0.05, 0.1) is 0 Å². The number of aliphatic hydroxyl groups excluding tert-OH is 1. The van der Waals surface area contributed by atoms with Gasteiger partial charge in [0.1, 0.15) is 5.75 Å². The summed E-state index contributed by atoms with van der Waals surface area (Å²) in [5.41, 5.74) is 4.87. The second kappa shape index (κ2) is 11.5. The monoisotopic (exact) mass is 458 g/mol. The third-order valence-electron chi connectivity index (χ3n) is 7.19. The summed E-state index contributed by atoms with van der Waals surface area (Å²) in [7, 11) is 0. The minimum atomic E-state index is 0.0906. The van der Waals surface area contributed by atoms with E-state index in [1.807, 2.05) is 18.2 Å². The average Bonchev–Trinajstić information content (AvgIpc) is 2.87. The predicted molar refractivity (Wildman–Crippen MR) is 141 cm³/mol. The number of hydrogen-bond donors (Lipinski definition) is 2. The van der Waals surface area contributed by atoms with E-state index in [0.29, 0.717) is 6.04 Å². The number of benzene rings is 3. The van der Waals surface area contributed by atoms with Gasteiger partial charge in [-0.05, 0) is 73.6 Å². The quantitative estimate of drug-likeness (QED) is 0.437. The number of rotatable bonds is 9. The van der Waals surface area contributed by atoms with Gasteiger partial charge in [-0.15, -0.1) is 0 Å². The van der Waals surface area contributed by atoms with Gasteiger partial charge in [0.15, 0.2) is 0 Å². The zero-order valence-electron chi connectivity index (χ0n) is 20.5. The Morgan fingerprint density at radius 2 is 1.44 bits per heavy atom. The Balaban J connectivity index is 1.65. The van der Waals surface area contributed by atoms with Gasteiger partial charge in [0, 0.05) is 50.4 Å². The Bertz CT molecular complexity index is 1010. The standard InChI is InChI=1S/C30H38N2O2/c1-23(2)31-17-19-32(20-18-31)27-15-13-25(14-16-27)30(26-10-6-11-28(34)22-26)29(12-7-21-33)24-8-4-3-5-9-24/h3-6,8-11,13-16,22-23,29-30,33-34H,7,12,17-21H2,1-2H3. The smallest absolute Gasteiger partial charge is 0.115 e. The van der Waals surface area contributed by atoms with Crippen LogP contribution in [0.3, 0.4) is 0 Å². The second-order valence-corrected chi connectivity index (χ2v) is 9.66. The Hall–Kier alpha value is -2.82. The van der Waals surface area contributed by atoms with Gasteiger partial charge in [-0.1, -0.05) is 54.6 Å². The molecule has 2 N–H and O–H groups in total. The first-order valence-corrected chi connectivity index (χ1v) is 12.6. The summed E-state index contributed by atoms with van der Waals surface area (Å²) >= 11 is 0. The lowest BCUT2D eigenvalue weighted by molar-refractivity contribution is 0.209. The number of hydrogen-bond acceptors (Lipinski definition) is 4. The molecule has 0 radical (unpaired) electrons. The lowest BCUT2D eigenvalue weighted by atomic mass is 9.75. The molecular weight excluding hydrogens is 420 g/mol. The highest BCUT2D eigenvalue weighted by Gasteiger charge is 2.27. The maximum absolute atomic E-state index is 10.3. The van der Waals surface area contributed by atoms with E-state index in [9.17, 15) is 10.2 Å². The molecule has 34 heavy (non-hydrogen) atoms. The molecule has 1 aliphatic rings. The van der Waals surface area contributed by atoms with Crippen LogP contribution in [0.5, 0.6) is 5.75 Å². The van der Waals surface area contributed by atoms with E-state index in [0.717, 1.165) is 44.6 Å². The first-order chi connectivity index (χ1) is 16.6. The van der Waals surface area contributed by atoms with Gasteiger partial charge >= 0.3 is 0 Å². The van der Waals surface area contributed by atoms with E-state index >= 15 is 0 Å². The summed E-state index contributed by atoms with van der Waals surface area (Å²) in [5, 5.41) is 19.9. The van der Waals surface area contributed by atoms with Gasteiger partial charge in [0.2, 0.25) is 0 Å². The number of phenols is 1. The van der Waals surface area contributed by atoms with E-state index in [2.05, 4.69) is 78.2 Å². The van der Waals surface area contributed by atoms with E-state index in [1.165, 1.54) is 16.8 Å². The van der Waals surface area contributed by atoms with Crippen molar-refractivity contribution >= 4 is 5.69 Å². The van der Waals surface area contributed by atoms with Crippen molar-refractivity contribution in [2.24, 2.45) is 0 Å². The molecule has 0 aliphatic carbocycles. The molecular formula is C30H38N2O2. The second-order valence-electron chi connectivity index (χ2n) is 9.66. The van der Waals surface area contributed by atoms with Crippen LogP contribution in [0.1, 0.15) is 55.2 Å². The van der Waals surface area contributed by atoms with Gasteiger partial charge in [-0.25, -0.2) is 0 Å². The average molecular weight is 459 g/mol. The minimum absolute atomic E-state index is 0.0906. The number of anilines is 1. The fraction of sp³-hybridized carbons (Fsp3) is 0.400. The Kier molecular flexibility index (Phi) is 8.25. The summed E-state index contributed by atoms with van der Waals surface area (Å²) < 4.78 is 0. The molecule has 4 nitrogen and oxygen atoms in total. The zero-order valence-corrected chi connectivity index (χ0v) is 20.5. The SMILES string of the molecule is CC(C)N1CCN(c2ccc(C(c3cccc(O)c3)C(CCCO)c3ccccc3)cc2)CC1. The highest BCUT2D eigenvalue weighted by Crippen LogP contribution is 2.42. The largest absolute Gasteiger partial charge is 0.508 e. The molecule has 0 saturated carbocycles. The van der Waals surface area contributed by atoms with Crippen molar-refractivity contribution in [2.45, 2.75) is 44.6 Å². The molecule has 2 atom stereocenters. The molecule has 0 bridgehead atoms. The maximum atomic E-state index is 10.3. The van der Waals surface area contributed by atoms with Crippen LogP contribution in [0.25, 0.3) is 0 Å². The first-order valence-electron chi connectivity index (χ1n) is 12.6. The number of aliphatic hydroxyl groups is 1. The van der Waals surface area contributed by atoms with E-state index in [1.54, 1.807) is 6.07 Å². The summed E-state index contributed by atoms with van der Waals surface area (Å²) in [4.78, 5) is 5.01. The molecule has 4 rings (SSSR count). The van der Waals surface area contributed by atoms with Crippen molar-refractivity contribution in [3.05, 3.63) is 95.6 Å². The zero-order chi connectivity index (χ0) is 23.9. The van der Waals surface area contributed by atoms with Crippen LogP contribution < -0.4 is 4.90 Å². The Morgan fingerprint density at radius 1 is 0.765 bits per heavy atom. The molecule has 0 aromatic heterocycles. The van der Waals surface area contributed by atoms with Crippen LogP contribution in [-0.4, -0.2) is 53.9 Å². The number of nitrogens with zero attached hydrogens (tertiary/aromatic N) is 2. The van der Waals surface area contributed by atoms with Crippen molar-refractivity contribution in [2.75, 3.05) is 37.7 Å². The van der Waals surface area contributed by atoms with E-state index in [-0.39, 0.29) is 24.2 Å². The Morgan fingerprint density at radius 3 is 2.06 bits per heavy atom. The van der Waals surface area contributed by atoms with Crippen molar-refractivity contribution in [3.8, 4) is 5.75 Å². The van der Waals surface area contributed by atoms with Crippen LogP contribution in [0, 0.1) is 0 Å². The van der Waals surface area contributed by atoms with E-state index < -0.39 is 0 Å². The van der Waals surface area contributed by atoms with Crippen LogP contribution in [0.4, 0.5) is 5.69 Å². The third-order valence-corrected chi connectivity index (χ3v) is 7.19. The molecule has 1 fully saturated rings. The first kappa shape index (κ1) is 24.3. The summed E-state index contributed by atoms with van der Waals surface area (Å²) in [6.07, 6.45) is 1.62. The molecule has 180 valence electrons. The molecule has 4 heteroatoms. The van der Waals surface area contributed by atoms with Crippen LogP contribution in [0.2, 0.25) is 0 Å². The number of piperazine rings is 1. The molecule has 1 saturated heterocycles. The lowest BCUT2D eigenvalue weighted by Crippen LogP contribution is -2.48. The normalized spacial score (nSPS) is 16.5. The van der Waals surface area contributed by atoms with Gasteiger partial charge in [-0.2, -0.15) is 0 Å². The molecule has 0 amide bonds. The minimum Gasteiger partial charge on any atom is -0.508 e. The van der Waals surface area contributed by atoms with Crippen molar-refractivity contribution in [1.82, 2.24) is 4.90 Å². The highest BCUT2D eigenvalue weighted by molar-refractivity contribution is 5.51. The fourth-order valence-corrected chi connectivity index (χ4v) is 5.30. The lowest BCUT2D eigenvalue weighted by Gasteiger charge is -2.38. The van der Waals surface area contributed by atoms with E-state index in [4.69, 9.17) is 0 Å². The van der Waals surface area contributed by atoms with Crippen molar-refractivity contribution < 1.29 is 10.2 Å². The van der Waals surface area contributed by atoms with Crippen LogP contribution >= 0.6 is 0 Å².